The highest BCUT2D eigenvalue weighted by Gasteiger charge is 2.20. The third-order valence-electron chi connectivity index (χ3n) is 5.83. The van der Waals surface area contributed by atoms with Crippen molar-refractivity contribution in [3.05, 3.63) is 53.4 Å². The molecule has 8 nitrogen and oxygen atoms in total. The second-order valence-electron chi connectivity index (χ2n) is 8.05. The van der Waals surface area contributed by atoms with Crippen molar-refractivity contribution in [2.75, 3.05) is 59.4 Å². The van der Waals surface area contributed by atoms with Gasteiger partial charge in [-0.1, -0.05) is 12.1 Å². The van der Waals surface area contributed by atoms with E-state index in [0.29, 0.717) is 23.2 Å². The third-order valence-corrected chi connectivity index (χ3v) is 6.59. The van der Waals surface area contributed by atoms with Crippen LogP contribution in [0.15, 0.2) is 47.8 Å². The average Bonchev–Trinajstić information content (AvgIpc) is 3.33. The second kappa shape index (κ2) is 11.3. The maximum atomic E-state index is 12.6. The monoisotopic (exact) mass is 482 g/mol. The Kier molecular flexibility index (Phi) is 7.99. The van der Waals surface area contributed by atoms with Crippen molar-refractivity contribution in [1.82, 2.24) is 14.8 Å². The van der Waals surface area contributed by atoms with E-state index in [-0.39, 0.29) is 5.91 Å². The van der Waals surface area contributed by atoms with Gasteiger partial charge in [-0.15, -0.1) is 11.3 Å². The molecule has 180 valence electrons. The standard InChI is InChI=1S/C25H30N4O4S/c1-31-19-6-4-18(5-7-19)15-28-10-12-29(13-11-28)16-24(30)27-25-26-22(17-34-25)21-9-8-20(32-2)14-23(21)33-3/h4-9,14,17H,10-13,15-16H2,1-3H3,(H,26,27,30). The van der Waals surface area contributed by atoms with Crippen LogP contribution in [0.2, 0.25) is 0 Å². The van der Waals surface area contributed by atoms with Gasteiger partial charge in [0.15, 0.2) is 5.13 Å². The lowest BCUT2D eigenvalue weighted by molar-refractivity contribution is -0.117. The van der Waals surface area contributed by atoms with E-state index < -0.39 is 0 Å². The number of carbonyl (C=O) groups is 1. The number of hydrogen-bond donors (Lipinski definition) is 1. The number of hydrogen-bond acceptors (Lipinski definition) is 8. The molecule has 1 amide bonds. The molecule has 34 heavy (non-hydrogen) atoms. The smallest absolute Gasteiger partial charge is 0.240 e. The van der Waals surface area contributed by atoms with E-state index in [2.05, 4.69) is 32.2 Å². The second-order valence-corrected chi connectivity index (χ2v) is 8.91. The molecule has 0 unspecified atom stereocenters. The molecule has 4 rings (SSSR count). The van der Waals surface area contributed by atoms with Gasteiger partial charge in [-0.3, -0.25) is 14.6 Å². The Labute approximate surface area is 204 Å². The number of piperazine rings is 1. The molecule has 1 aliphatic rings. The quantitative estimate of drug-likeness (QED) is 0.500. The molecule has 0 spiro atoms. The molecular formula is C25H30N4O4S. The van der Waals surface area contributed by atoms with Crippen molar-refractivity contribution in [3.63, 3.8) is 0 Å². The summed E-state index contributed by atoms with van der Waals surface area (Å²) in [6, 6.07) is 13.8. The van der Waals surface area contributed by atoms with Gasteiger partial charge in [0.05, 0.1) is 33.6 Å². The number of thiazole rings is 1. The first-order valence-corrected chi connectivity index (χ1v) is 12.0. The molecule has 0 radical (unpaired) electrons. The summed E-state index contributed by atoms with van der Waals surface area (Å²) in [6.45, 7) is 4.83. The number of amides is 1. The zero-order valence-corrected chi connectivity index (χ0v) is 20.6. The molecule has 0 atom stereocenters. The highest BCUT2D eigenvalue weighted by atomic mass is 32.1. The number of aromatic nitrogens is 1. The van der Waals surface area contributed by atoms with Gasteiger partial charge in [-0.05, 0) is 29.8 Å². The summed E-state index contributed by atoms with van der Waals surface area (Å²) in [5.41, 5.74) is 2.88. The normalized spacial score (nSPS) is 14.6. The lowest BCUT2D eigenvalue weighted by Gasteiger charge is -2.34. The van der Waals surface area contributed by atoms with Crippen LogP contribution in [0, 0.1) is 0 Å². The van der Waals surface area contributed by atoms with Crippen molar-refractivity contribution in [3.8, 4) is 28.5 Å². The number of benzene rings is 2. The van der Waals surface area contributed by atoms with Crippen molar-refractivity contribution in [2.24, 2.45) is 0 Å². The van der Waals surface area contributed by atoms with E-state index in [0.717, 1.165) is 49.7 Å². The topological polar surface area (TPSA) is 76.2 Å². The molecule has 1 fully saturated rings. The van der Waals surface area contributed by atoms with Crippen LogP contribution in [-0.4, -0.2) is 74.7 Å². The Hall–Kier alpha value is -3.14. The number of anilines is 1. The summed E-state index contributed by atoms with van der Waals surface area (Å²) < 4.78 is 15.9. The average molecular weight is 483 g/mol. The van der Waals surface area contributed by atoms with E-state index in [1.807, 2.05) is 35.7 Å². The summed E-state index contributed by atoms with van der Waals surface area (Å²) in [5, 5.41) is 5.43. The van der Waals surface area contributed by atoms with Crippen LogP contribution >= 0.6 is 11.3 Å². The minimum absolute atomic E-state index is 0.0498. The van der Waals surface area contributed by atoms with Crippen LogP contribution in [0.5, 0.6) is 17.2 Å². The maximum Gasteiger partial charge on any atom is 0.240 e. The fourth-order valence-corrected chi connectivity index (χ4v) is 4.65. The summed E-state index contributed by atoms with van der Waals surface area (Å²) in [7, 11) is 4.91. The first-order valence-electron chi connectivity index (χ1n) is 11.1. The first kappa shape index (κ1) is 24.0. The van der Waals surface area contributed by atoms with Gasteiger partial charge in [0, 0.05) is 49.7 Å². The zero-order chi connectivity index (χ0) is 23.9. The van der Waals surface area contributed by atoms with Crippen LogP contribution in [0.1, 0.15) is 5.56 Å². The van der Waals surface area contributed by atoms with E-state index in [9.17, 15) is 4.79 Å². The Morgan fingerprint density at radius 2 is 1.62 bits per heavy atom. The van der Waals surface area contributed by atoms with Crippen molar-refractivity contribution < 1.29 is 19.0 Å². The molecule has 9 heteroatoms. The first-order chi connectivity index (χ1) is 16.6. The van der Waals surface area contributed by atoms with Crippen LogP contribution in [-0.2, 0) is 11.3 Å². The molecule has 1 aromatic heterocycles. The number of rotatable bonds is 9. The molecule has 2 aromatic carbocycles. The number of methoxy groups -OCH3 is 3. The Balaban J connectivity index is 1.26. The number of nitrogens with one attached hydrogen (secondary N) is 1. The van der Waals surface area contributed by atoms with Crippen molar-refractivity contribution >= 4 is 22.4 Å². The molecule has 0 saturated carbocycles. The van der Waals surface area contributed by atoms with Gasteiger partial charge >= 0.3 is 0 Å². The summed E-state index contributed by atoms with van der Waals surface area (Å²) in [5.74, 6) is 2.21. The Morgan fingerprint density at radius 3 is 2.29 bits per heavy atom. The van der Waals surface area contributed by atoms with Gasteiger partial charge in [0.2, 0.25) is 5.91 Å². The van der Waals surface area contributed by atoms with E-state index in [4.69, 9.17) is 14.2 Å². The molecule has 0 bridgehead atoms. The fourth-order valence-electron chi connectivity index (χ4n) is 3.92. The maximum absolute atomic E-state index is 12.6. The molecule has 1 N–H and O–H groups in total. The van der Waals surface area contributed by atoms with Crippen LogP contribution < -0.4 is 19.5 Å². The highest BCUT2D eigenvalue weighted by Crippen LogP contribution is 2.34. The zero-order valence-electron chi connectivity index (χ0n) is 19.7. The van der Waals surface area contributed by atoms with E-state index in [1.54, 1.807) is 21.3 Å². The molecule has 1 saturated heterocycles. The number of nitrogens with zero attached hydrogens (tertiary/aromatic N) is 3. The summed E-state index contributed by atoms with van der Waals surface area (Å²) in [4.78, 5) is 21.8. The fraction of sp³-hybridized carbons (Fsp3) is 0.360. The van der Waals surface area contributed by atoms with Gasteiger partial charge in [-0.25, -0.2) is 4.98 Å². The highest BCUT2D eigenvalue weighted by molar-refractivity contribution is 7.14. The van der Waals surface area contributed by atoms with Crippen LogP contribution in [0.4, 0.5) is 5.13 Å². The van der Waals surface area contributed by atoms with E-state index in [1.165, 1.54) is 16.9 Å². The van der Waals surface area contributed by atoms with Crippen molar-refractivity contribution in [1.29, 1.82) is 0 Å². The molecular weight excluding hydrogens is 452 g/mol. The number of ether oxygens (including phenoxy) is 3. The third kappa shape index (κ3) is 6.05. The SMILES string of the molecule is COc1ccc(CN2CCN(CC(=O)Nc3nc(-c4ccc(OC)cc4OC)cs3)CC2)cc1. The van der Waals surface area contributed by atoms with Crippen molar-refractivity contribution in [2.45, 2.75) is 6.54 Å². The molecule has 0 aliphatic carbocycles. The van der Waals surface area contributed by atoms with E-state index >= 15 is 0 Å². The summed E-state index contributed by atoms with van der Waals surface area (Å²) in [6.07, 6.45) is 0. The van der Waals surface area contributed by atoms with Gasteiger partial charge in [-0.2, -0.15) is 0 Å². The van der Waals surface area contributed by atoms with Gasteiger partial charge in [0.25, 0.3) is 0 Å². The molecule has 1 aliphatic heterocycles. The minimum Gasteiger partial charge on any atom is -0.497 e. The molecule has 2 heterocycles. The number of carbonyl (C=O) groups excluding carboxylic acids is 1. The lowest BCUT2D eigenvalue weighted by atomic mass is 10.1. The Morgan fingerprint density at radius 1 is 0.941 bits per heavy atom. The predicted molar refractivity (Wildman–Crippen MR) is 134 cm³/mol. The van der Waals surface area contributed by atoms with Gasteiger partial charge < -0.3 is 19.5 Å². The van der Waals surface area contributed by atoms with Crippen LogP contribution in [0.25, 0.3) is 11.3 Å². The Bertz CT molecular complexity index is 1090. The molecule has 3 aromatic rings. The van der Waals surface area contributed by atoms with Crippen LogP contribution in [0.3, 0.4) is 0 Å². The minimum atomic E-state index is -0.0498. The lowest BCUT2D eigenvalue weighted by Crippen LogP contribution is -2.48. The summed E-state index contributed by atoms with van der Waals surface area (Å²) >= 11 is 1.40. The predicted octanol–water partition coefficient (Wildman–Crippen LogP) is 3.59. The largest absolute Gasteiger partial charge is 0.497 e. The van der Waals surface area contributed by atoms with Gasteiger partial charge in [0.1, 0.15) is 17.2 Å².